The van der Waals surface area contributed by atoms with E-state index >= 15 is 0 Å². The summed E-state index contributed by atoms with van der Waals surface area (Å²) < 4.78 is 10.2. The van der Waals surface area contributed by atoms with Crippen molar-refractivity contribution >= 4 is 23.5 Å². The van der Waals surface area contributed by atoms with Crippen LogP contribution < -0.4 is 5.32 Å². The van der Waals surface area contributed by atoms with Gasteiger partial charge < -0.3 is 19.4 Å². The first kappa shape index (κ1) is 19.7. The van der Waals surface area contributed by atoms with E-state index in [0.717, 1.165) is 6.42 Å². The predicted octanol–water partition coefficient (Wildman–Crippen LogP) is 3.19. The van der Waals surface area contributed by atoms with Crippen LogP contribution in [0.1, 0.15) is 41.2 Å². The highest BCUT2D eigenvalue weighted by molar-refractivity contribution is 6.02. The van der Waals surface area contributed by atoms with Gasteiger partial charge in [0.05, 0.1) is 11.8 Å². The summed E-state index contributed by atoms with van der Waals surface area (Å²) in [5.41, 5.74) is 0.828. The van der Waals surface area contributed by atoms with Crippen molar-refractivity contribution in [2.75, 3.05) is 25.0 Å². The summed E-state index contributed by atoms with van der Waals surface area (Å²) in [4.78, 5) is 38.2. The van der Waals surface area contributed by atoms with Crippen LogP contribution in [0.25, 0.3) is 0 Å². The maximum Gasteiger partial charge on any atom is 0.338 e. The maximum atomic E-state index is 12.3. The summed E-state index contributed by atoms with van der Waals surface area (Å²) in [7, 11) is 0. The first-order valence-electron chi connectivity index (χ1n) is 9.32. The molecule has 2 heterocycles. The van der Waals surface area contributed by atoms with Gasteiger partial charge >= 0.3 is 5.97 Å². The molecule has 3 rings (SSSR count). The van der Waals surface area contributed by atoms with Gasteiger partial charge in [-0.05, 0) is 54.7 Å². The topological polar surface area (TPSA) is 88.9 Å². The highest BCUT2D eigenvalue weighted by Crippen LogP contribution is 2.21. The standard InChI is InChI=1S/C21H24N2O5/c1-14-10-15(2)12-23(11-14)19(24)13-28-21(26)16-5-7-17(8-6-16)22-20(25)18-4-3-9-27-18/h3-9,14-15H,10-13H2,1-2H3,(H,22,25)/t14-,15+. The number of hydrogen-bond donors (Lipinski definition) is 1. The van der Waals surface area contributed by atoms with Crippen LogP contribution in [0.3, 0.4) is 0 Å². The molecule has 148 valence electrons. The van der Waals surface area contributed by atoms with Gasteiger partial charge in [0.15, 0.2) is 12.4 Å². The molecule has 1 fully saturated rings. The molecular weight excluding hydrogens is 360 g/mol. The van der Waals surface area contributed by atoms with Gasteiger partial charge in [0, 0.05) is 18.8 Å². The molecule has 2 amide bonds. The molecule has 0 spiro atoms. The lowest BCUT2D eigenvalue weighted by Crippen LogP contribution is -2.44. The number of nitrogens with one attached hydrogen (secondary N) is 1. The van der Waals surface area contributed by atoms with Gasteiger partial charge in [-0.1, -0.05) is 13.8 Å². The lowest BCUT2D eigenvalue weighted by atomic mass is 9.92. The zero-order valence-electron chi connectivity index (χ0n) is 16.0. The monoisotopic (exact) mass is 384 g/mol. The summed E-state index contributed by atoms with van der Waals surface area (Å²) in [6.07, 6.45) is 2.52. The average molecular weight is 384 g/mol. The van der Waals surface area contributed by atoms with E-state index in [-0.39, 0.29) is 24.2 Å². The van der Waals surface area contributed by atoms with Gasteiger partial charge in [0.2, 0.25) is 0 Å². The van der Waals surface area contributed by atoms with Crippen LogP contribution in [0.15, 0.2) is 47.1 Å². The lowest BCUT2D eigenvalue weighted by Gasteiger charge is -2.34. The largest absolute Gasteiger partial charge is 0.459 e. The van der Waals surface area contributed by atoms with Crippen LogP contribution in [0, 0.1) is 11.8 Å². The molecule has 7 heteroatoms. The number of carbonyl (C=O) groups excluding carboxylic acids is 3. The molecule has 1 N–H and O–H groups in total. The number of ether oxygens (including phenoxy) is 1. The molecule has 1 aliphatic heterocycles. The molecule has 0 bridgehead atoms. The summed E-state index contributed by atoms with van der Waals surface area (Å²) in [6.45, 7) is 5.37. The van der Waals surface area contributed by atoms with Gasteiger partial charge in [0.1, 0.15) is 0 Å². The number of anilines is 1. The summed E-state index contributed by atoms with van der Waals surface area (Å²) in [5, 5.41) is 2.67. The van der Waals surface area contributed by atoms with Gasteiger partial charge in [-0.25, -0.2) is 4.79 Å². The van der Waals surface area contributed by atoms with Gasteiger partial charge in [0.25, 0.3) is 11.8 Å². The van der Waals surface area contributed by atoms with Crippen molar-refractivity contribution in [3.05, 3.63) is 54.0 Å². The van der Waals surface area contributed by atoms with Crippen LogP contribution in [0.2, 0.25) is 0 Å². The Hall–Kier alpha value is -3.09. The highest BCUT2D eigenvalue weighted by atomic mass is 16.5. The Morgan fingerprint density at radius 2 is 1.79 bits per heavy atom. The Labute approximate surface area is 163 Å². The Kier molecular flexibility index (Phi) is 6.13. The van der Waals surface area contributed by atoms with Crippen molar-refractivity contribution in [3.8, 4) is 0 Å². The van der Waals surface area contributed by atoms with E-state index in [0.29, 0.717) is 36.2 Å². The number of furan rings is 1. The smallest absolute Gasteiger partial charge is 0.338 e. The Balaban J connectivity index is 1.50. The van der Waals surface area contributed by atoms with Crippen molar-refractivity contribution in [2.45, 2.75) is 20.3 Å². The number of likely N-dealkylation sites (tertiary alicyclic amines) is 1. The Morgan fingerprint density at radius 1 is 1.11 bits per heavy atom. The van der Waals surface area contributed by atoms with Gasteiger partial charge in [-0.2, -0.15) is 0 Å². The molecule has 0 aliphatic carbocycles. The van der Waals surface area contributed by atoms with Crippen LogP contribution in [-0.2, 0) is 9.53 Å². The van der Waals surface area contributed by atoms with Crippen molar-refractivity contribution in [1.82, 2.24) is 4.90 Å². The molecule has 0 radical (unpaired) electrons. The first-order chi connectivity index (χ1) is 13.4. The SMILES string of the molecule is C[C@@H]1C[C@H](C)CN(C(=O)COC(=O)c2ccc(NC(=O)c3ccco3)cc2)C1. The number of hydrogen-bond acceptors (Lipinski definition) is 5. The summed E-state index contributed by atoms with van der Waals surface area (Å²) in [5.74, 6) is -0.0247. The second kappa shape index (κ2) is 8.73. The van der Waals surface area contributed by atoms with E-state index in [1.165, 1.54) is 18.4 Å². The van der Waals surface area contributed by atoms with Gasteiger partial charge in [-0.15, -0.1) is 0 Å². The van der Waals surface area contributed by atoms with Crippen LogP contribution in [-0.4, -0.2) is 42.4 Å². The molecule has 1 aromatic heterocycles. The van der Waals surface area contributed by atoms with Gasteiger partial charge in [-0.3, -0.25) is 9.59 Å². The second-order valence-corrected chi connectivity index (χ2v) is 7.33. The zero-order chi connectivity index (χ0) is 20.1. The molecule has 0 saturated carbocycles. The van der Waals surface area contributed by atoms with E-state index in [1.807, 2.05) is 0 Å². The average Bonchev–Trinajstić information content (AvgIpc) is 3.20. The third kappa shape index (κ3) is 5.00. The summed E-state index contributed by atoms with van der Waals surface area (Å²) in [6, 6.07) is 9.44. The fraction of sp³-hybridized carbons (Fsp3) is 0.381. The van der Waals surface area contributed by atoms with E-state index in [9.17, 15) is 14.4 Å². The van der Waals surface area contributed by atoms with Crippen LogP contribution in [0.5, 0.6) is 0 Å². The number of rotatable bonds is 5. The quantitative estimate of drug-likeness (QED) is 0.800. The predicted molar refractivity (Wildman–Crippen MR) is 103 cm³/mol. The minimum Gasteiger partial charge on any atom is -0.459 e. The Morgan fingerprint density at radius 3 is 2.39 bits per heavy atom. The minimum atomic E-state index is -0.574. The molecule has 1 saturated heterocycles. The number of nitrogens with zero attached hydrogens (tertiary/aromatic N) is 1. The number of piperidine rings is 1. The Bertz CT molecular complexity index is 819. The number of esters is 1. The number of amides is 2. The minimum absolute atomic E-state index is 0.172. The first-order valence-corrected chi connectivity index (χ1v) is 9.32. The lowest BCUT2D eigenvalue weighted by molar-refractivity contribution is -0.137. The summed E-state index contributed by atoms with van der Waals surface area (Å²) >= 11 is 0. The molecule has 2 aromatic rings. The fourth-order valence-electron chi connectivity index (χ4n) is 3.46. The normalized spacial score (nSPS) is 19.1. The second-order valence-electron chi connectivity index (χ2n) is 7.33. The third-order valence-corrected chi connectivity index (χ3v) is 4.67. The van der Waals surface area contributed by atoms with Crippen molar-refractivity contribution in [1.29, 1.82) is 0 Å². The molecule has 2 atom stereocenters. The van der Waals surface area contributed by atoms with E-state index in [1.54, 1.807) is 29.2 Å². The molecule has 7 nitrogen and oxygen atoms in total. The zero-order valence-corrected chi connectivity index (χ0v) is 16.0. The van der Waals surface area contributed by atoms with Crippen molar-refractivity contribution in [2.24, 2.45) is 11.8 Å². The van der Waals surface area contributed by atoms with Crippen molar-refractivity contribution in [3.63, 3.8) is 0 Å². The molecular formula is C21H24N2O5. The van der Waals surface area contributed by atoms with E-state index in [4.69, 9.17) is 9.15 Å². The fourth-order valence-corrected chi connectivity index (χ4v) is 3.46. The van der Waals surface area contributed by atoms with Crippen molar-refractivity contribution < 1.29 is 23.5 Å². The van der Waals surface area contributed by atoms with E-state index < -0.39 is 5.97 Å². The number of benzene rings is 1. The molecule has 0 unspecified atom stereocenters. The van der Waals surface area contributed by atoms with Crippen LogP contribution in [0.4, 0.5) is 5.69 Å². The molecule has 1 aromatic carbocycles. The van der Waals surface area contributed by atoms with E-state index in [2.05, 4.69) is 19.2 Å². The molecule has 28 heavy (non-hydrogen) atoms. The highest BCUT2D eigenvalue weighted by Gasteiger charge is 2.26. The molecule has 1 aliphatic rings. The number of carbonyl (C=O) groups is 3. The maximum absolute atomic E-state index is 12.3. The third-order valence-electron chi connectivity index (χ3n) is 4.67. The van der Waals surface area contributed by atoms with Crippen LogP contribution >= 0.6 is 0 Å².